The predicted molar refractivity (Wildman–Crippen MR) is 115 cm³/mol. The first kappa shape index (κ1) is 21.4. The summed E-state index contributed by atoms with van der Waals surface area (Å²) in [6, 6.07) is 10.5. The van der Waals surface area contributed by atoms with Gasteiger partial charge in [0, 0.05) is 23.1 Å². The lowest BCUT2D eigenvalue weighted by atomic mass is 9.81. The summed E-state index contributed by atoms with van der Waals surface area (Å²) in [6.45, 7) is 0. The molecule has 6 heteroatoms. The Morgan fingerprint density at radius 3 is 2.62 bits per heavy atom. The van der Waals surface area contributed by atoms with E-state index in [9.17, 15) is 15.0 Å². The van der Waals surface area contributed by atoms with Gasteiger partial charge in [-0.05, 0) is 52.5 Å². The molecule has 154 valence electrons. The van der Waals surface area contributed by atoms with Crippen molar-refractivity contribution in [3.63, 3.8) is 0 Å². The third-order valence-electron chi connectivity index (χ3n) is 5.34. The molecule has 0 spiro atoms. The summed E-state index contributed by atoms with van der Waals surface area (Å²) >= 11 is 3.28. The maximum atomic E-state index is 13.1. The first-order valence-electron chi connectivity index (χ1n) is 9.59. The highest BCUT2D eigenvalue weighted by molar-refractivity contribution is 9.10. The summed E-state index contributed by atoms with van der Waals surface area (Å²) in [5, 5.41) is 20.2. The number of methoxy groups -OCH3 is 2. The molecular formula is C23H25BrO5. The van der Waals surface area contributed by atoms with Gasteiger partial charge in [0.05, 0.1) is 24.8 Å². The standard InChI is InChI=1S/C23H25BrO5/c1-28-21-13-20(26)18(24)11-16(21)12-22(29-2)23(27)15-7-5-6-14(10-15)17-8-3-4-9-19(17)25/h5-7,10-13,17,19,25-26H,3-4,8-9H2,1-2H3/t17-,19+/m0/s1. The molecule has 0 unspecified atom stereocenters. The van der Waals surface area contributed by atoms with Gasteiger partial charge in [-0.25, -0.2) is 0 Å². The van der Waals surface area contributed by atoms with Crippen LogP contribution in [0.25, 0.3) is 6.08 Å². The monoisotopic (exact) mass is 460 g/mol. The molecule has 0 bridgehead atoms. The van der Waals surface area contributed by atoms with Gasteiger partial charge < -0.3 is 19.7 Å². The van der Waals surface area contributed by atoms with Gasteiger partial charge in [-0.2, -0.15) is 0 Å². The molecule has 5 nitrogen and oxygen atoms in total. The Labute approximate surface area is 179 Å². The Hall–Kier alpha value is -2.31. The number of phenols is 1. The number of phenolic OH excluding ortho intramolecular Hbond substituents is 1. The molecule has 0 saturated heterocycles. The molecular weight excluding hydrogens is 436 g/mol. The molecule has 2 aromatic rings. The molecule has 1 saturated carbocycles. The average Bonchev–Trinajstić information content (AvgIpc) is 2.74. The second-order valence-corrected chi connectivity index (χ2v) is 8.03. The lowest BCUT2D eigenvalue weighted by Crippen LogP contribution is -2.22. The van der Waals surface area contributed by atoms with Crippen LogP contribution >= 0.6 is 15.9 Å². The lowest BCUT2D eigenvalue weighted by Gasteiger charge is -2.28. The number of rotatable bonds is 6. The number of hydrogen-bond acceptors (Lipinski definition) is 5. The number of ether oxygens (including phenoxy) is 2. The fourth-order valence-corrected chi connectivity index (χ4v) is 4.12. The summed E-state index contributed by atoms with van der Waals surface area (Å²) in [6.07, 6.45) is 5.06. The smallest absolute Gasteiger partial charge is 0.227 e. The second-order valence-electron chi connectivity index (χ2n) is 7.17. The zero-order chi connectivity index (χ0) is 21.0. The quantitative estimate of drug-likeness (QED) is 0.358. The van der Waals surface area contributed by atoms with Crippen LogP contribution in [-0.4, -0.2) is 36.3 Å². The Kier molecular flexibility index (Phi) is 6.98. The summed E-state index contributed by atoms with van der Waals surface area (Å²) < 4.78 is 11.2. The number of aromatic hydroxyl groups is 1. The predicted octanol–water partition coefficient (Wildman–Crippen LogP) is 5.05. The zero-order valence-electron chi connectivity index (χ0n) is 16.5. The molecule has 29 heavy (non-hydrogen) atoms. The molecule has 0 heterocycles. The molecule has 0 aromatic heterocycles. The third-order valence-corrected chi connectivity index (χ3v) is 5.97. The van der Waals surface area contributed by atoms with Crippen LogP contribution in [0.2, 0.25) is 0 Å². The van der Waals surface area contributed by atoms with E-state index < -0.39 is 0 Å². The first-order valence-corrected chi connectivity index (χ1v) is 10.4. The Balaban J connectivity index is 1.93. The average molecular weight is 461 g/mol. The molecule has 0 radical (unpaired) electrons. The fraction of sp³-hybridized carbons (Fsp3) is 0.348. The van der Waals surface area contributed by atoms with Gasteiger partial charge in [0.25, 0.3) is 0 Å². The van der Waals surface area contributed by atoms with Crippen molar-refractivity contribution in [1.29, 1.82) is 0 Å². The number of Topliss-reactive ketones (excluding diaryl/α,β-unsaturated/α-hetero) is 1. The van der Waals surface area contributed by atoms with E-state index in [0.717, 1.165) is 31.2 Å². The van der Waals surface area contributed by atoms with Crippen LogP contribution in [0.5, 0.6) is 11.5 Å². The Morgan fingerprint density at radius 1 is 1.17 bits per heavy atom. The van der Waals surface area contributed by atoms with E-state index in [2.05, 4.69) is 15.9 Å². The van der Waals surface area contributed by atoms with Crippen LogP contribution in [0, 0.1) is 0 Å². The van der Waals surface area contributed by atoms with Crippen molar-refractivity contribution in [2.75, 3.05) is 14.2 Å². The van der Waals surface area contributed by atoms with Crippen molar-refractivity contribution < 1.29 is 24.5 Å². The van der Waals surface area contributed by atoms with Crippen LogP contribution < -0.4 is 4.74 Å². The highest BCUT2D eigenvalue weighted by atomic mass is 79.9. The minimum absolute atomic E-state index is 0.0445. The Morgan fingerprint density at radius 2 is 1.93 bits per heavy atom. The molecule has 0 aliphatic heterocycles. The van der Waals surface area contributed by atoms with E-state index >= 15 is 0 Å². The number of halogens is 1. The van der Waals surface area contributed by atoms with Gasteiger partial charge >= 0.3 is 0 Å². The van der Waals surface area contributed by atoms with Crippen LogP contribution in [0.3, 0.4) is 0 Å². The van der Waals surface area contributed by atoms with Crippen molar-refractivity contribution in [3.05, 3.63) is 63.3 Å². The SMILES string of the molecule is COC(=Cc1cc(Br)c(O)cc1OC)C(=O)c1cccc([C@@H]2CCCC[C@H]2O)c1. The summed E-state index contributed by atoms with van der Waals surface area (Å²) in [5.41, 5.74) is 2.08. The maximum absolute atomic E-state index is 13.1. The molecule has 1 aliphatic rings. The number of benzene rings is 2. The number of aliphatic hydroxyl groups is 1. The van der Waals surface area contributed by atoms with E-state index in [4.69, 9.17) is 9.47 Å². The van der Waals surface area contributed by atoms with E-state index in [0.29, 0.717) is 21.3 Å². The van der Waals surface area contributed by atoms with Crippen LogP contribution in [0.15, 0.2) is 46.6 Å². The van der Waals surface area contributed by atoms with Gasteiger partial charge in [-0.3, -0.25) is 4.79 Å². The van der Waals surface area contributed by atoms with Crippen LogP contribution in [0.4, 0.5) is 0 Å². The number of carbonyl (C=O) groups is 1. The number of ketones is 1. The number of carbonyl (C=O) groups excluding carboxylic acids is 1. The summed E-state index contributed by atoms with van der Waals surface area (Å²) in [7, 11) is 2.94. The summed E-state index contributed by atoms with van der Waals surface area (Å²) in [4.78, 5) is 13.1. The normalized spacial score (nSPS) is 19.7. The molecule has 0 amide bonds. The van der Waals surface area contributed by atoms with E-state index in [1.54, 1.807) is 18.2 Å². The fourth-order valence-electron chi connectivity index (χ4n) is 3.76. The van der Waals surface area contributed by atoms with Crippen LogP contribution in [-0.2, 0) is 4.74 Å². The number of hydrogen-bond donors (Lipinski definition) is 2. The topological polar surface area (TPSA) is 76.0 Å². The second kappa shape index (κ2) is 9.46. The van der Waals surface area contributed by atoms with Crippen LogP contribution in [0.1, 0.15) is 53.1 Å². The lowest BCUT2D eigenvalue weighted by molar-refractivity contribution is 0.0954. The van der Waals surface area contributed by atoms with E-state index in [1.165, 1.54) is 20.3 Å². The van der Waals surface area contributed by atoms with Gasteiger partial charge in [0.2, 0.25) is 5.78 Å². The number of allylic oxidation sites excluding steroid dienone is 1. The van der Waals surface area contributed by atoms with Crippen molar-refractivity contribution in [1.82, 2.24) is 0 Å². The van der Waals surface area contributed by atoms with Crippen molar-refractivity contribution in [2.24, 2.45) is 0 Å². The summed E-state index contributed by atoms with van der Waals surface area (Å²) in [5.74, 6) is 0.419. The Bertz CT molecular complexity index is 921. The zero-order valence-corrected chi connectivity index (χ0v) is 18.1. The molecule has 3 rings (SSSR count). The van der Waals surface area contributed by atoms with Gasteiger partial charge in [0.1, 0.15) is 11.5 Å². The van der Waals surface area contributed by atoms with E-state index in [1.807, 2.05) is 18.2 Å². The molecule has 1 fully saturated rings. The first-order chi connectivity index (χ1) is 13.9. The van der Waals surface area contributed by atoms with Gasteiger partial charge in [0.15, 0.2) is 5.76 Å². The largest absolute Gasteiger partial charge is 0.507 e. The highest BCUT2D eigenvalue weighted by Gasteiger charge is 2.25. The third kappa shape index (κ3) is 4.82. The van der Waals surface area contributed by atoms with Crippen molar-refractivity contribution in [3.8, 4) is 11.5 Å². The minimum Gasteiger partial charge on any atom is -0.507 e. The minimum atomic E-state index is -0.370. The van der Waals surface area contributed by atoms with Gasteiger partial charge in [-0.1, -0.05) is 31.0 Å². The van der Waals surface area contributed by atoms with Crippen molar-refractivity contribution in [2.45, 2.75) is 37.7 Å². The van der Waals surface area contributed by atoms with Gasteiger partial charge in [-0.15, -0.1) is 0 Å². The maximum Gasteiger partial charge on any atom is 0.227 e. The molecule has 1 aliphatic carbocycles. The molecule has 2 atom stereocenters. The van der Waals surface area contributed by atoms with Crippen molar-refractivity contribution >= 4 is 27.8 Å². The molecule has 2 aromatic carbocycles. The highest BCUT2D eigenvalue weighted by Crippen LogP contribution is 2.35. The number of aliphatic hydroxyl groups excluding tert-OH is 1. The molecule has 2 N–H and O–H groups in total. The van der Waals surface area contributed by atoms with E-state index in [-0.39, 0.29) is 29.3 Å².